The van der Waals surface area contributed by atoms with E-state index in [0.29, 0.717) is 24.5 Å². The van der Waals surface area contributed by atoms with Crippen LogP contribution in [0.4, 0.5) is 5.95 Å². The quantitative estimate of drug-likeness (QED) is 0.579. The lowest BCUT2D eigenvalue weighted by atomic mass is 10.2. The van der Waals surface area contributed by atoms with Crippen molar-refractivity contribution in [2.24, 2.45) is 5.84 Å². The second-order valence-electron chi connectivity index (χ2n) is 5.03. The molecule has 3 N–H and O–H groups in total. The van der Waals surface area contributed by atoms with Gasteiger partial charge in [0.1, 0.15) is 5.69 Å². The largest absolute Gasteiger partial charge is 0.371 e. The number of ether oxygens (including phenoxy) is 1. The predicted molar refractivity (Wildman–Crippen MR) is 68.4 cm³/mol. The molecule has 2 aliphatic heterocycles. The van der Waals surface area contributed by atoms with E-state index < -0.39 is 0 Å². The average Bonchev–Trinajstić information content (AvgIpc) is 2.75. The first-order chi connectivity index (χ1) is 9.15. The molecule has 102 valence electrons. The second-order valence-corrected chi connectivity index (χ2v) is 5.03. The Balaban J connectivity index is 1.81. The summed E-state index contributed by atoms with van der Waals surface area (Å²) >= 11 is 0. The Labute approximate surface area is 111 Å². The Hall–Kier alpha value is -1.73. The molecule has 3 heterocycles. The molecule has 2 saturated heterocycles. The molecular weight excluding hydrogens is 246 g/mol. The maximum Gasteiger partial charge on any atom is 0.272 e. The third kappa shape index (κ3) is 2.39. The first-order valence-corrected chi connectivity index (χ1v) is 6.43. The van der Waals surface area contributed by atoms with Gasteiger partial charge in [-0.15, -0.1) is 0 Å². The smallest absolute Gasteiger partial charge is 0.272 e. The Morgan fingerprint density at radius 1 is 1.42 bits per heavy atom. The molecule has 19 heavy (non-hydrogen) atoms. The fourth-order valence-corrected chi connectivity index (χ4v) is 2.69. The zero-order chi connectivity index (χ0) is 13.4. The van der Waals surface area contributed by atoms with E-state index in [0.717, 1.165) is 12.8 Å². The summed E-state index contributed by atoms with van der Waals surface area (Å²) in [5.74, 6) is 5.48. The second kappa shape index (κ2) is 4.75. The lowest BCUT2D eigenvalue weighted by Gasteiger charge is -2.31. The van der Waals surface area contributed by atoms with E-state index >= 15 is 0 Å². The van der Waals surface area contributed by atoms with Crippen molar-refractivity contribution >= 4 is 11.9 Å². The Morgan fingerprint density at radius 3 is 2.74 bits per heavy atom. The third-order valence-electron chi connectivity index (χ3n) is 3.53. The van der Waals surface area contributed by atoms with Crippen LogP contribution in [0.2, 0.25) is 0 Å². The monoisotopic (exact) mass is 263 g/mol. The van der Waals surface area contributed by atoms with E-state index in [1.807, 2.05) is 11.8 Å². The van der Waals surface area contributed by atoms with Gasteiger partial charge in [-0.1, -0.05) is 0 Å². The van der Waals surface area contributed by atoms with Crippen molar-refractivity contribution in [3.63, 3.8) is 0 Å². The van der Waals surface area contributed by atoms with Crippen molar-refractivity contribution in [2.75, 3.05) is 18.5 Å². The number of rotatable bonds is 2. The van der Waals surface area contributed by atoms with E-state index in [9.17, 15) is 4.79 Å². The molecule has 0 aliphatic carbocycles. The molecule has 0 saturated carbocycles. The molecule has 2 bridgehead atoms. The minimum absolute atomic E-state index is 0.0813. The highest BCUT2D eigenvalue weighted by Crippen LogP contribution is 2.27. The number of nitrogens with zero attached hydrogens (tertiary/aromatic N) is 3. The molecule has 0 aromatic carbocycles. The highest BCUT2D eigenvalue weighted by molar-refractivity contribution is 5.92. The number of hydrogen-bond acceptors (Lipinski definition) is 6. The number of hydrogen-bond donors (Lipinski definition) is 2. The van der Waals surface area contributed by atoms with E-state index in [2.05, 4.69) is 15.4 Å². The van der Waals surface area contributed by atoms with Crippen LogP contribution in [0.25, 0.3) is 0 Å². The highest BCUT2D eigenvalue weighted by atomic mass is 16.5. The Morgan fingerprint density at radius 2 is 2.11 bits per heavy atom. The van der Waals surface area contributed by atoms with E-state index in [-0.39, 0.29) is 24.1 Å². The van der Waals surface area contributed by atoms with Gasteiger partial charge < -0.3 is 9.64 Å². The van der Waals surface area contributed by atoms with Gasteiger partial charge in [-0.3, -0.25) is 10.2 Å². The summed E-state index contributed by atoms with van der Waals surface area (Å²) < 4.78 is 5.72. The summed E-state index contributed by atoms with van der Waals surface area (Å²) in [4.78, 5) is 22.5. The first-order valence-electron chi connectivity index (χ1n) is 6.43. The summed E-state index contributed by atoms with van der Waals surface area (Å²) in [6.45, 7) is 3.09. The summed E-state index contributed by atoms with van der Waals surface area (Å²) in [6, 6.07) is 1.68. The molecule has 7 heteroatoms. The number of nitrogen functional groups attached to an aromatic ring is 1. The molecule has 0 spiro atoms. The van der Waals surface area contributed by atoms with Crippen LogP contribution < -0.4 is 11.3 Å². The minimum atomic E-state index is -0.0813. The summed E-state index contributed by atoms with van der Waals surface area (Å²) in [7, 11) is 0. The number of hydrazine groups is 1. The van der Waals surface area contributed by atoms with Crippen LogP contribution in [-0.4, -0.2) is 46.1 Å². The Bertz CT molecular complexity index is 495. The van der Waals surface area contributed by atoms with Gasteiger partial charge in [-0.05, 0) is 25.8 Å². The van der Waals surface area contributed by atoms with Gasteiger partial charge in [0.2, 0.25) is 5.95 Å². The van der Waals surface area contributed by atoms with Crippen LogP contribution in [0.3, 0.4) is 0 Å². The van der Waals surface area contributed by atoms with Gasteiger partial charge >= 0.3 is 0 Å². The minimum Gasteiger partial charge on any atom is -0.371 e. The van der Waals surface area contributed by atoms with E-state index in [1.165, 1.54) is 0 Å². The van der Waals surface area contributed by atoms with Crippen molar-refractivity contribution in [1.29, 1.82) is 0 Å². The standard InChI is InChI=1S/C12H17N5O2/c1-7-4-10(15-12(14-7)16-13)11(18)17-5-8-2-3-9(6-17)19-8/h4,8-9H,2-3,5-6,13H2,1H3,(H,14,15,16). The normalized spacial score (nSPS) is 25.5. The molecule has 1 aromatic rings. The van der Waals surface area contributed by atoms with Gasteiger partial charge in [0, 0.05) is 18.8 Å². The topological polar surface area (TPSA) is 93.4 Å². The number of amides is 1. The van der Waals surface area contributed by atoms with Gasteiger partial charge in [-0.25, -0.2) is 15.8 Å². The number of anilines is 1. The maximum absolute atomic E-state index is 12.5. The molecular formula is C12H17N5O2. The van der Waals surface area contributed by atoms with Crippen LogP contribution in [0, 0.1) is 6.92 Å². The number of nitrogens with two attached hydrogens (primary N) is 1. The van der Waals surface area contributed by atoms with Gasteiger partial charge in [-0.2, -0.15) is 0 Å². The molecule has 2 aliphatic rings. The van der Waals surface area contributed by atoms with Crippen molar-refractivity contribution in [1.82, 2.24) is 14.9 Å². The Kier molecular flexibility index (Phi) is 3.08. The number of fused-ring (bicyclic) bond motifs is 2. The molecule has 3 rings (SSSR count). The molecule has 7 nitrogen and oxygen atoms in total. The van der Waals surface area contributed by atoms with Gasteiger partial charge in [0.25, 0.3) is 5.91 Å². The van der Waals surface area contributed by atoms with Crippen LogP contribution >= 0.6 is 0 Å². The number of aromatic nitrogens is 2. The highest BCUT2D eigenvalue weighted by Gasteiger charge is 2.36. The first kappa shape index (κ1) is 12.3. The number of aryl methyl sites for hydroxylation is 1. The summed E-state index contributed by atoms with van der Waals surface area (Å²) in [5.41, 5.74) is 3.47. The summed E-state index contributed by atoms with van der Waals surface area (Å²) in [5, 5.41) is 0. The van der Waals surface area contributed by atoms with Crippen molar-refractivity contribution in [3.05, 3.63) is 17.5 Å². The van der Waals surface area contributed by atoms with Crippen molar-refractivity contribution < 1.29 is 9.53 Å². The number of carbonyl (C=O) groups is 1. The molecule has 0 radical (unpaired) electrons. The van der Waals surface area contributed by atoms with Gasteiger partial charge in [0.05, 0.1) is 12.2 Å². The number of morpholine rings is 1. The number of nitrogens with one attached hydrogen (secondary N) is 1. The molecule has 2 unspecified atom stereocenters. The van der Waals surface area contributed by atoms with Crippen LogP contribution in [0.1, 0.15) is 29.0 Å². The van der Waals surface area contributed by atoms with Crippen LogP contribution in [-0.2, 0) is 4.74 Å². The SMILES string of the molecule is Cc1cc(C(=O)N2CC3CCC(C2)O3)nc(NN)n1. The van der Waals surface area contributed by atoms with Crippen molar-refractivity contribution in [3.8, 4) is 0 Å². The fourth-order valence-electron chi connectivity index (χ4n) is 2.69. The zero-order valence-electron chi connectivity index (χ0n) is 10.8. The predicted octanol–water partition coefficient (Wildman–Crippen LogP) is 0.0740. The fraction of sp³-hybridized carbons (Fsp3) is 0.583. The third-order valence-corrected chi connectivity index (χ3v) is 3.53. The van der Waals surface area contributed by atoms with Crippen LogP contribution in [0.15, 0.2) is 6.07 Å². The van der Waals surface area contributed by atoms with E-state index in [1.54, 1.807) is 6.07 Å². The molecule has 2 fully saturated rings. The lowest BCUT2D eigenvalue weighted by molar-refractivity contribution is -0.0305. The molecule has 1 aromatic heterocycles. The maximum atomic E-state index is 12.5. The average molecular weight is 263 g/mol. The number of carbonyl (C=O) groups excluding carboxylic acids is 1. The zero-order valence-corrected chi connectivity index (χ0v) is 10.8. The van der Waals surface area contributed by atoms with Crippen molar-refractivity contribution in [2.45, 2.75) is 32.0 Å². The lowest BCUT2D eigenvalue weighted by Crippen LogP contribution is -2.46. The molecule has 2 atom stereocenters. The van der Waals surface area contributed by atoms with Crippen LogP contribution in [0.5, 0.6) is 0 Å². The summed E-state index contributed by atoms with van der Waals surface area (Å²) in [6.07, 6.45) is 2.43. The number of likely N-dealkylation sites (tertiary alicyclic amines) is 1. The van der Waals surface area contributed by atoms with E-state index in [4.69, 9.17) is 10.6 Å². The molecule has 1 amide bonds. The van der Waals surface area contributed by atoms with Gasteiger partial charge in [0.15, 0.2) is 0 Å².